The maximum absolute atomic E-state index is 4.76. The molecule has 6 nitrogen and oxygen atoms in total. The quantitative estimate of drug-likeness (QED) is 0.346. The van der Waals surface area contributed by atoms with Gasteiger partial charge in [-0.25, -0.2) is 0 Å². The summed E-state index contributed by atoms with van der Waals surface area (Å²) in [5.41, 5.74) is 5.82. The Balaban J connectivity index is 1.91. The number of fused-ring (bicyclic) bond motifs is 2. The van der Waals surface area contributed by atoms with Crippen LogP contribution in [0.25, 0.3) is 32.2 Å². The minimum atomic E-state index is -0.321. The van der Waals surface area contributed by atoms with Crippen molar-refractivity contribution in [2.45, 2.75) is 0 Å². The minimum absolute atomic E-state index is 0.141. The van der Waals surface area contributed by atoms with Gasteiger partial charge in [-0.1, -0.05) is 0 Å². The van der Waals surface area contributed by atoms with Gasteiger partial charge in [0.25, 0.3) is 0 Å². The van der Waals surface area contributed by atoms with Gasteiger partial charge in [-0.05, 0) is 0 Å². The summed E-state index contributed by atoms with van der Waals surface area (Å²) < 4.78 is 19.6. The van der Waals surface area contributed by atoms with Crippen LogP contribution < -0.4 is 4.33 Å². The van der Waals surface area contributed by atoms with Crippen molar-refractivity contribution in [1.82, 2.24) is 17.9 Å². The molecule has 0 unspecified atom stereocenters. The second-order valence-corrected chi connectivity index (χ2v) is 11.9. The van der Waals surface area contributed by atoms with Gasteiger partial charge in [0.2, 0.25) is 0 Å². The van der Waals surface area contributed by atoms with Gasteiger partial charge in [0.05, 0.1) is 0 Å². The molecule has 0 fully saturated rings. The number of hydrogen-bond acceptors (Lipinski definition) is 8. The summed E-state index contributed by atoms with van der Waals surface area (Å²) in [5.74, 6) is 0. The molecule has 4 heterocycles. The number of thiazole rings is 2. The average Bonchev–Trinajstić information content (AvgIpc) is 3.31. The van der Waals surface area contributed by atoms with E-state index in [1.807, 2.05) is 12.4 Å². The number of nitrogens with zero attached hydrogens (tertiary/aromatic N) is 5. The number of rotatable bonds is 2. The van der Waals surface area contributed by atoms with E-state index >= 15 is 0 Å². The van der Waals surface area contributed by atoms with E-state index in [-0.39, 0.29) is 29.9 Å². The molecule has 0 spiro atoms. The van der Waals surface area contributed by atoms with Crippen molar-refractivity contribution in [3.05, 3.63) is 20.0 Å². The van der Waals surface area contributed by atoms with Gasteiger partial charge in [-0.2, -0.15) is 0 Å². The molecule has 1 aliphatic rings. The van der Waals surface area contributed by atoms with E-state index in [9.17, 15) is 0 Å². The number of nitrogens with one attached hydrogen (secondary N) is 1. The van der Waals surface area contributed by atoms with E-state index < -0.39 is 0 Å². The molecule has 0 saturated heterocycles. The third-order valence-electron chi connectivity index (χ3n) is 3.38. The van der Waals surface area contributed by atoms with E-state index in [0.29, 0.717) is 0 Å². The summed E-state index contributed by atoms with van der Waals surface area (Å²) in [6, 6.07) is 0. The normalized spacial score (nSPS) is 13.1. The van der Waals surface area contributed by atoms with Crippen LogP contribution in [0.15, 0.2) is 23.9 Å². The van der Waals surface area contributed by atoms with Crippen LogP contribution in [-0.4, -0.2) is 47.9 Å². The van der Waals surface area contributed by atoms with Crippen molar-refractivity contribution in [3.63, 3.8) is 0 Å². The summed E-state index contributed by atoms with van der Waals surface area (Å²) in [7, 11) is 0. The monoisotopic (exact) mass is 614 g/mol. The van der Waals surface area contributed by atoms with Crippen LogP contribution in [0, 0.1) is 0 Å². The Morgan fingerprint density at radius 2 is 1.58 bits per heavy atom. The molecule has 4 aromatic rings. The topological polar surface area (TPSA) is 76.0 Å². The van der Waals surface area contributed by atoms with Gasteiger partial charge in [0.1, 0.15) is 0 Å². The molecular weight excluding hydrogens is 610 g/mol. The fraction of sp³-hybridized carbons (Fsp3) is 0. The molecule has 24 heavy (non-hydrogen) atoms. The Kier molecular flexibility index (Phi) is 4.06. The molecule has 3 aromatic heterocycles. The molecule has 120 valence electrons. The zero-order chi connectivity index (χ0) is 16.3. The van der Waals surface area contributed by atoms with E-state index in [4.69, 9.17) is 11.9 Å². The molecule has 12 heteroatoms. The van der Waals surface area contributed by atoms with E-state index in [1.54, 1.807) is 22.7 Å². The van der Waals surface area contributed by atoms with Crippen LogP contribution in [0.5, 0.6) is 0 Å². The summed E-state index contributed by atoms with van der Waals surface area (Å²) in [6.45, 7) is 0. The maximum atomic E-state index is 4.76. The Labute approximate surface area is 172 Å². The SMILES string of the molecule is Brc1cnc(-c2c3c(c(-c4ncc(Br)s4)c4n[se]nc24)N[SeH]=N3)s1. The number of halogens is 2. The fourth-order valence-corrected chi connectivity index (χ4v) is 7.56. The van der Waals surface area contributed by atoms with Crippen molar-refractivity contribution >= 4 is 107 Å². The fourth-order valence-electron chi connectivity index (χ4n) is 2.48. The summed E-state index contributed by atoms with van der Waals surface area (Å²) >= 11 is 9.72. The van der Waals surface area contributed by atoms with Crippen LogP contribution >= 0.6 is 54.5 Å². The second kappa shape index (κ2) is 6.14. The molecule has 0 bridgehead atoms. The molecule has 0 saturated carbocycles. The standard InChI is InChI=1S/C12H4Br2N6S2Se2/c13-3-1-15-11(21-3)5-7-9(19-23-17-7)6(10-8(5)18-24-20-10)12-16-2-4(14)22-12/h1-2,23H,(H,17,19). The molecule has 1 aromatic carbocycles. The molecule has 0 radical (unpaired) electrons. The first-order valence-corrected chi connectivity index (χ1v) is 13.0. The Morgan fingerprint density at radius 3 is 2.21 bits per heavy atom. The number of aromatic nitrogens is 4. The first kappa shape index (κ1) is 15.9. The average molecular weight is 614 g/mol. The third kappa shape index (κ3) is 2.44. The van der Waals surface area contributed by atoms with Crippen LogP contribution in [-0.2, 0) is 0 Å². The predicted molar refractivity (Wildman–Crippen MR) is 107 cm³/mol. The van der Waals surface area contributed by atoms with Gasteiger partial charge in [0.15, 0.2) is 0 Å². The Bertz CT molecular complexity index is 1130. The zero-order valence-electron chi connectivity index (χ0n) is 11.3. The van der Waals surface area contributed by atoms with Gasteiger partial charge < -0.3 is 0 Å². The van der Waals surface area contributed by atoms with Crippen molar-refractivity contribution in [2.24, 2.45) is 3.96 Å². The van der Waals surface area contributed by atoms with Gasteiger partial charge in [-0.3, -0.25) is 0 Å². The molecule has 1 N–H and O–H groups in total. The molecular formula is C12H4Br2N6S2Se2. The van der Waals surface area contributed by atoms with E-state index in [0.717, 1.165) is 51.1 Å². The van der Waals surface area contributed by atoms with Gasteiger partial charge in [-0.15, -0.1) is 0 Å². The van der Waals surface area contributed by atoms with Crippen molar-refractivity contribution < 1.29 is 0 Å². The van der Waals surface area contributed by atoms with Crippen LogP contribution in [0.2, 0.25) is 0 Å². The van der Waals surface area contributed by atoms with Gasteiger partial charge in [0, 0.05) is 0 Å². The summed E-state index contributed by atoms with van der Waals surface area (Å²) in [5, 5.41) is 1.86. The van der Waals surface area contributed by atoms with Crippen LogP contribution in [0.1, 0.15) is 0 Å². The second-order valence-electron chi connectivity index (χ2n) is 4.69. The molecule has 0 amide bonds. The van der Waals surface area contributed by atoms with Crippen LogP contribution in [0.3, 0.4) is 0 Å². The number of hydrogen-bond donors (Lipinski definition) is 1. The van der Waals surface area contributed by atoms with E-state index in [1.165, 1.54) is 0 Å². The molecule has 1 aliphatic heterocycles. The number of benzene rings is 1. The van der Waals surface area contributed by atoms with Crippen molar-refractivity contribution in [3.8, 4) is 21.1 Å². The zero-order valence-corrected chi connectivity index (χ0v) is 19.7. The van der Waals surface area contributed by atoms with Crippen LogP contribution in [0.4, 0.5) is 11.4 Å². The molecule has 0 atom stereocenters. The Hall–Kier alpha value is -0.321. The van der Waals surface area contributed by atoms with E-state index in [2.05, 4.69) is 46.2 Å². The molecule has 5 rings (SSSR count). The first-order chi connectivity index (χ1) is 11.7. The van der Waals surface area contributed by atoms with Gasteiger partial charge >= 0.3 is 174 Å². The third-order valence-corrected chi connectivity index (χ3v) is 8.78. The van der Waals surface area contributed by atoms with Crippen molar-refractivity contribution in [2.75, 3.05) is 4.33 Å². The first-order valence-electron chi connectivity index (χ1n) is 6.44. The predicted octanol–water partition coefficient (Wildman–Crippen LogP) is 4.05. The number of anilines is 1. The summed E-state index contributed by atoms with van der Waals surface area (Å²) in [4.78, 5) is 9.06. The molecule has 0 aliphatic carbocycles. The summed E-state index contributed by atoms with van der Waals surface area (Å²) in [6.07, 6.45) is 3.64. The van der Waals surface area contributed by atoms with Crippen molar-refractivity contribution in [1.29, 1.82) is 0 Å². The Morgan fingerprint density at radius 1 is 0.958 bits per heavy atom.